The van der Waals surface area contributed by atoms with Gasteiger partial charge >= 0.3 is 0 Å². The Hall–Kier alpha value is 0.280. The van der Waals surface area contributed by atoms with Crippen LogP contribution in [0.1, 0.15) is 22.9 Å². The summed E-state index contributed by atoms with van der Waals surface area (Å²) in [5.74, 6) is 0. The first-order chi connectivity index (χ1) is 5.68. The van der Waals surface area contributed by atoms with Crippen LogP contribution in [0.15, 0.2) is 16.6 Å². The van der Waals surface area contributed by atoms with Crippen molar-refractivity contribution in [2.75, 3.05) is 0 Å². The van der Waals surface area contributed by atoms with Gasteiger partial charge in [0.15, 0.2) is 0 Å². The van der Waals surface area contributed by atoms with Gasteiger partial charge in [-0.25, -0.2) is 0 Å². The molecule has 0 saturated heterocycles. The van der Waals surface area contributed by atoms with Crippen LogP contribution in [-0.2, 0) is 6.42 Å². The second kappa shape index (κ2) is 3.21. The van der Waals surface area contributed by atoms with Crippen molar-refractivity contribution in [3.63, 3.8) is 0 Å². The standard InChI is InChI=1S/C9H7BrCl2/c10-5-3-7-6(9(12)4-5)1-2-8(7)11/h3-4,8H,1-2H2. The maximum Gasteiger partial charge on any atom is 0.0592 e. The molecule has 64 valence electrons. The van der Waals surface area contributed by atoms with E-state index in [4.69, 9.17) is 23.2 Å². The smallest absolute Gasteiger partial charge is 0.0592 e. The molecule has 1 aliphatic rings. The first kappa shape index (κ1) is 8.86. The predicted octanol–water partition coefficient (Wildman–Crippen LogP) is 4.33. The summed E-state index contributed by atoms with van der Waals surface area (Å²) < 4.78 is 1.01. The summed E-state index contributed by atoms with van der Waals surface area (Å²) in [5.41, 5.74) is 2.41. The third kappa shape index (κ3) is 1.39. The molecule has 0 amide bonds. The zero-order valence-electron chi connectivity index (χ0n) is 6.28. The minimum absolute atomic E-state index is 0.148. The molecular weight excluding hydrogens is 259 g/mol. The Morgan fingerprint density at radius 2 is 2.17 bits per heavy atom. The van der Waals surface area contributed by atoms with Gasteiger partial charge in [-0.05, 0) is 36.1 Å². The van der Waals surface area contributed by atoms with Crippen LogP contribution in [0, 0.1) is 0 Å². The lowest BCUT2D eigenvalue weighted by molar-refractivity contribution is 0.881. The molecule has 0 nitrogen and oxygen atoms in total. The van der Waals surface area contributed by atoms with Gasteiger partial charge in [-0.1, -0.05) is 27.5 Å². The van der Waals surface area contributed by atoms with Gasteiger partial charge < -0.3 is 0 Å². The molecule has 0 aliphatic heterocycles. The fourth-order valence-corrected chi connectivity index (χ4v) is 2.83. The molecule has 1 aromatic rings. The molecule has 1 unspecified atom stereocenters. The molecule has 0 saturated carbocycles. The monoisotopic (exact) mass is 264 g/mol. The molecule has 0 bridgehead atoms. The number of hydrogen-bond acceptors (Lipinski definition) is 0. The minimum Gasteiger partial charge on any atom is -0.118 e. The molecule has 0 fully saturated rings. The number of fused-ring (bicyclic) bond motifs is 1. The molecule has 0 N–H and O–H groups in total. The highest BCUT2D eigenvalue weighted by atomic mass is 79.9. The maximum atomic E-state index is 6.11. The second-order valence-electron chi connectivity index (χ2n) is 2.96. The summed E-state index contributed by atoms with van der Waals surface area (Å²) in [4.78, 5) is 0. The second-order valence-corrected chi connectivity index (χ2v) is 4.81. The van der Waals surface area contributed by atoms with Gasteiger partial charge in [-0.3, -0.25) is 0 Å². The van der Waals surface area contributed by atoms with Gasteiger partial charge in [-0.15, -0.1) is 11.6 Å². The lowest BCUT2D eigenvalue weighted by Gasteiger charge is -2.04. The average molecular weight is 266 g/mol. The zero-order valence-corrected chi connectivity index (χ0v) is 9.38. The van der Waals surface area contributed by atoms with Crippen molar-refractivity contribution < 1.29 is 0 Å². The summed E-state index contributed by atoms with van der Waals surface area (Å²) in [5, 5.41) is 0.984. The summed E-state index contributed by atoms with van der Waals surface area (Å²) in [7, 11) is 0. The van der Waals surface area contributed by atoms with Crippen LogP contribution >= 0.6 is 39.1 Å². The lowest BCUT2D eigenvalue weighted by Crippen LogP contribution is -1.85. The van der Waals surface area contributed by atoms with Gasteiger partial charge in [0.1, 0.15) is 0 Å². The van der Waals surface area contributed by atoms with Crippen molar-refractivity contribution in [3.05, 3.63) is 32.8 Å². The summed E-state index contributed by atoms with van der Waals surface area (Å²) in [6.45, 7) is 0. The van der Waals surface area contributed by atoms with E-state index in [9.17, 15) is 0 Å². The lowest BCUT2D eigenvalue weighted by atomic mass is 10.1. The molecule has 1 aliphatic carbocycles. The Bertz CT molecular complexity index is 323. The number of rotatable bonds is 0. The van der Waals surface area contributed by atoms with Gasteiger partial charge in [0.2, 0.25) is 0 Å². The fourth-order valence-electron chi connectivity index (χ4n) is 1.59. The van der Waals surface area contributed by atoms with Crippen LogP contribution in [-0.4, -0.2) is 0 Å². The van der Waals surface area contributed by atoms with Crippen LogP contribution in [0.5, 0.6) is 0 Å². The van der Waals surface area contributed by atoms with E-state index in [2.05, 4.69) is 22.0 Å². The van der Waals surface area contributed by atoms with E-state index in [1.165, 1.54) is 11.1 Å². The van der Waals surface area contributed by atoms with E-state index >= 15 is 0 Å². The Labute approximate surface area is 90.0 Å². The number of benzene rings is 1. The minimum atomic E-state index is 0.148. The first-order valence-corrected chi connectivity index (χ1v) is 5.41. The molecular formula is C9H7BrCl2. The molecule has 2 rings (SSSR count). The highest BCUT2D eigenvalue weighted by Gasteiger charge is 2.22. The Morgan fingerprint density at radius 3 is 2.92 bits per heavy atom. The summed E-state index contributed by atoms with van der Waals surface area (Å²) in [6, 6.07) is 3.99. The average Bonchev–Trinajstić information content (AvgIpc) is 2.33. The van der Waals surface area contributed by atoms with Crippen LogP contribution in [0.4, 0.5) is 0 Å². The zero-order chi connectivity index (χ0) is 8.72. The van der Waals surface area contributed by atoms with E-state index in [1.54, 1.807) is 0 Å². The SMILES string of the molecule is Clc1cc(Br)cc2c1CCC2Cl. The van der Waals surface area contributed by atoms with Gasteiger partial charge in [0, 0.05) is 9.50 Å². The fraction of sp³-hybridized carbons (Fsp3) is 0.333. The van der Waals surface area contributed by atoms with Crippen molar-refractivity contribution >= 4 is 39.1 Å². The van der Waals surface area contributed by atoms with Gasteiger partial charge in [-0.2, -0.15) is 0 Å². The van der Waals surface area contributed by atoms with Gasteiger partial charge in [0.05, 0.1) is 5.38 Å². The molecule has 1 atom stereocenters. The van der Waals surface area contributed by atoms with Crippen molar-refractivity contribution in [2.24, 2.45) is 0 Å². The molecule has 0 heterocycles. The van der Waals surface area contributed by atoms with Crippen LogP contribution in [0.25, 0.3) is 0 Å². The number of alkyl halides is 1. The first-order valence-electron chi connectivity index (χ1n) is 3.80. The molecule has 0 aromatic heterocycles. The summed E-state index contributed by atoms with van der Waals surface area (Å²) >= 11 is 15.6. The van der Waals surface area contributed by atoms with E-state index in [1.807, 2.05) is 6.07 Å². The van der Waals surface area contributed by atoms with Crippen molar-refractivity contribution in [1.82, 2.24) is 0 Å². The normalized spacial score (nSPS) is 21.1. The van der Waals surface area contributed by atoms with Gasteiger partial charge in [0.25, 0.3) is 0 Å². The number of hydrogen-bond donors (Lipinski definition) is 0. The van der Waals surface area contributed by atoms with Crippen LogP contribution in [0.2, 0.25) is 5.02 Å². The Balaban J connectivity index is 2.60. The largest absolute Gasteiger partial charge is 0.118 e. The van der Waals surface area contributed by atoms with Crippen molar-refractivity contribution in [2.45, 2.75) is 18.2 Å². The molecule has 0 spiro atoms. The van der Waals surface area contributed by atoms with Crippen molar-refractivity contribution in [1.29, 1.82) is 0 Å². The van der Waals surface area contributed by atoms with E-state index in [0.29, 0.717) is 0 Å². The Kier molecular flexibility index (Phi) is 2.37. The topological polar surface area (TPSA) is 0 Å². The molecule has 1 aromatic carbocycles. The van der Waals surface area contributed by atoms with E-state index < -0.39 is 0 Å². The quantitative estimate of drug-likeness (QED) is 0.613. The highest BCUT2D eigenvalue weighted by Crippen LogP contribution is 2.41. The Morgan fingerprint density at radius 1 is 1.42 bits per heavy atom. The molecule has 12 heavy (non-hydrogen) atoms. The third-order valence-electron chi connectivity index (χ3n) is 2.18. The van der Waals surface area contributed by atoms with Crippen LogP contribution < -0.4 is 0 Å². The number of halogens is 3. The maximum absolute atomic E-state index is 6.11. The van der Waals surface area contributed by atoms with Crippen molar-refractivity contribution in [3.8, 4) is 0 Å². The van der Waals surface area contributed by atoms with Crippen LogP contribution in [0.3, 0.4) is 0 Å². The predicted molar refractivity (Wildman–Crippen MR) is 56.1 cm³/mol. The molecule has 0 radical (unpaired) electrons. The summed E-state index contributed by atoms with van der Waals surface area (Å²) in [6.07, 6.45) is 2.02. The highest BCUT2D eigenvalue weighted by molar-refractivity contribution is 9.10. The van der Waals surface area contributed by atoms with E-state index in [-0.39, 0.29) is 5.38 Å². The van der Waals surface area contributed by atoms with E-state index in [0.717, 1.165) is 22.3 Å². The third-order valence-corrected chi connectivity index (χ3v) is 3.43. The molecule has 3 heteroatoms.